The number of hydrogen-bond acceptors (Lipinski definition) is 4. The average Bonchev–Trinajstić information content (AvgIpc) is 3.52. The minimum Gasteiger partial charge on any atom is -0.467 e. The van der Waals surface area contributed by atoms with Crippen LogP contribution in [0.25, 0.3) is 10.9 Å². The van der Waals surface area contributed by atoms with E-state index < -0.39 is 24.2 Å². The van der Waals surface area contributed by atoms with Gasteiger partial charge in [0.25, 0.3) is 5.91 Å². The molecule has 2 unspecified atom stereocenters. The number of carbonyl (C=O) groups is 1. The van der Waals surface area contributed by atoms with Gasteiger partial charge in [0.2, 0.25) is 0 Å². The molecule has 166 valence electrons. The van der Waals surface area contributed by atoms with Crippen LogP contribution < -0.4 is 10.6 Å². The van der Waals surface area contributed by atoms with Crippen molar-refractivity contribution in [1.82, 2.24) is 20.1 Å². The lowest BCUT2D eigenvalue weighted by atomic mass is 10.0. The van der Waals surface area contributed by atoms with Crippen LogP contribution in [0, 0.1) is 0 Å². The second-order valence-electron chi connectivity index (χ2n) is 7.72. The molecule has 0 spiro atoms. The van der Waals surface area contributed by atoms with Crippen LogP contribution in [0.15, 0.2) is 59.5 Å². The van der Waals surface area contributed by atoms with Crippen LogP contribution in [0.1, 0.15) is 40.2 Å². The summed E-state index contributed by atoms with van der Waals surface area (Å²) >= 11 is 0. The number of hydrogen-bond donors (Lipinski definition) is 3. The summed E-state index contributed by atoms with van der Waals surface area (Å²) in [6, 6.07) is 8.48. The van der Waals surface area contributed by atoms with Gasteiger partial charge in [-0.25, -0.2) is 4.68 Å². The van der Waals surface area contributed by atoms with Crippen molar-refractivity contribution in [2.45, 2.75) is 31.1 Å². The minimum atomic E-state index is -4.52. The number of nitrogens with zero attached hydrogens (tertiary/aromatic N) is 2. The van der Waals surface area contributed by atoms with E-state index in [1.165, 1.54) is 12.5 Å². The van der Waals surface area contributed by atoms with Gasteiger partial charge < -0.3 is 20.0 Å². The molecule has 0 saturated carbocycles. The SMILES string of the molecule is O=C(NCCc1c[nH]c2ccccc12)c1cnn2c1NC(c1ccco1)CC2C(F)(F)F. The lowest BCUT2D eigenvalue weighted by molar-refractivity contribution is -0.174. The molecule has 32 heavy (non-hydrogen) atoms. The fourth-order valence-corrected chi connectivity index (χ4v) is 4.15. The number of aromatic nitrogens is 3. The van der Waals surface area contributed by atoms with Crippen molar-refractivity contribution in [3.8, 4) is 0 Å². The number of amides is 1. The quantitative estimate of drug-likeness (QED) is 0.421. The van der Waals surface area contributed by atoms with Crippen molar-refractivity contribution in [3.63, 3.8) is 0 Å². The first-order valence-electron chi connectivity index (χ1n) is 10.2. The Kier molecular flexibility index (Phi) is 4.91. The molecule has 10 heteroatoms. The fraction of sp³-hybridized carbons (Fsp3) is 0.273. The molecular formula is C22H20F3N5O2. The molecule has 0 radical (unpaired) electrons. The first-order valence-corrected chi connectivity index (χ1v) is 10.2. The van der Waals surface area contributed by atoms with Crippen LogP contribution in [-0.4, -0.2) is 33.4 Å². The maximum atomic E-state index is 13.7. The van der Waals surface area contributed by atoms with E-state index in [0.29, 0.717) is 18.7 Å². The Balaban J connectivity index is 1.34. The van der Waals surface area contributed by atoms with Gasteiger partial charge >= 0.3 is 6.18 Å². The number of H-pyrrole nitrogens is 1. The van der Waals surface area contributed by atoms with Crippen LogP contribution in [0.5, 0.6) is 0 Å². The summed E-state index contributed by atoms with van der Waals surface area (Å²) in [5, 5.41) is 10.7. The molecule has 2 atom stereocenters. The molecule has 0 aliphatic carbocycles. The summed E-state index contributed by atoms with van der Waals surface area (Å²) in [6.45, 7) is 0.329. The van der Waals surface area contributed by atoms with Gasteiger partial charge in [-0.15, -0.1) is 0 Å². The Labute approximate surface area is 180 Å². The molecule has 3 aromatic heterocycles. The van der Waals surface area contributed by atoms with Crippen LogP contribution in [0.4, 0.5) is 19.0 Å². The van der Waals surface area contributed by atoms with Gasteiger partial charge in [-0.2, -0.15) is 18.3 Å². The lowest BCUT2D eigenvalue weighted by Gasteiger charge is -2.32. The number of fused-ring (bicyclic) bond motifs is 2. The maximum Gasteiger partial charge on any atom is 0.410 e. The predicted molar refractivity (Wildman–Crippen MR) is 111 cm³/mol. The number of nitrogens with one attached hydrogen (secondary N) is 3. The van der Waals surface area contributed by atoms with Crippen molar-refractivity contribution in [3.05, 3.63) is 71.9 Å². The summed E-state index contributed by atoms with van der Waals surface area (Å²) in [5.74, 6) is -0.0819. The smallest absolute Gasteiger partial charge is 0.410 e. The lowest BCUT2D eigenvalue weighted by Crippen LogP contribution is -2.36. The van der Waals surface area contributed by atoms with Crippen LogP contribution in [0.3, 0.4) is 0 Å². The van der Waals surface area contributed by atoms with E-state index >= 15 is 0 Å². The highest BCUT2D eigenvalue weighted by atomic mass is 19.4. The first-order chi connectivity index (χ1) is 15.4. The number of benzene rings is 1. The van der Waals surface area contributed by atoms with Gasteiger partial charge in [0, 0.05) is 30.1 Å². The third-order valence-corrected chi connectivity index (χ3v) is 5.72. The van der Waals surface area contributed by atoms with Crippen molar-refractivity contribution in [1.29, 1.82) is 0 Å². The molecule has 1 aliphatic rings. The molecule has 0 saturated heterocycles. The zero-order valence-corrected chi connectivity index (χ0v) is 16.8. The van der Waals surface area contributed by atoms with Crippen LogP contribution in [-0.2, 0) is 6.42 Å². The van der Waals surface area contributed by atoms with Gasteiger partial charge in [-0.1, -0.05) is 18.2 Å². The number of rotatable bonds is 5. The number of carbonyl (C=O) groups excluding carboxylic acids is 1. The van der Waals surface area contributed by atoms with Gasteiger partial charge in [0.15, 0.2) is 6.04 Å². The topological polar surface area (TPSA) is 87.9 Å². The zero-order valence-electron chi connectivity index (χ0n) is 16.8. The number of alkyl halides is 3. The first kappa shape index (κ1) is 20.2. The van der Waals surface area contributed by atoms with E-state index in [1.807, 2.05) is 30.5 Å². The van der Waals surface area contributed by atoms with Gasteiger partial charge in [0.1, 0.15) is 17.1 Å². The molecule has 3 N–H and O–H groups in total. The number of furan rings is 1. The highest BCUT2D eigenvalue weighted by molar-refractivity contribution is 5.99. The second kappa shape index (κ2) is 7.77. The second-order valence-corrected chi connectivity index (χ2v) is 7.72. The third kappa shape index (κ3) is 3.61. The standard InChI is InChI=1S/C22H20F3N5O2/c23-22(24,25)19-10-17(18-6-3-9-32-18)29-20-15(12-28-30(19)20)21(31)26-8-7-13-11-27-16-5-2-1-4-14(13)16/h1-6,9,11-12,17,19,27,29H,7-8,10H2,(H,26,31). The van der Waals surface area contributed by atoms with E-state index in [1.54, 1.807) is 12.1 Å². The van der Waals surface area contributed by atoms with Crippen molar-refractivity contribution in [2.75, 3.05) is 11.9 Å². The molecule has 0 fully saturated rings. The number of aromatic amines is 1. The summed E-state index contributed by atoms with van der Waals surface area (Å²) in [6.07, 6.45) is 0.246. The van der Waals surface area contributed by atoms with E-state index in [9.17, 15) is 18.0 Å². The van der Waals surface area contributed by atoms with Crippen LogP contribution in [0.2, 0.25) is 0 Å². The summed E-state index contributed by atoms with van der Waals surface area (Å²) < 4.78 is 47.3. The maximum absolute atomic E-state index is 13.7. The number of halogens is 3. The molecule has 1 aliphatic heterocycles. The highest BCUT2D eigenvalue weighted by Crippen LogP contribution is 2.44. The number of para-hydroxylation sites is 1. The molecule has 4 heterocycles. The summed E-state index contributed by atoms with van der Waals surface area (Å²) in [5.41, 5.74) is 2.12. The molecule has 1 aromatic carbocycles. The largest absolute Gasteiger partial charge is 0.467 e. The van der Waals surface area contributed by atoms with Crippen LogP contribution >= 0.6 is 0 Å². The highest BCUT2D eigenvalue weighted by Gasteiger charge is 2.47. The summed E-state index contributed by atoms with van der Waals surface area (Å²) in [7, 11) is 0. The normalized spacial score (nSPS) is 18.3. The predicted octanol–water partition coefficient (Wildman–Crippen LogP) is 4.59. The van der Waals surface area contributed by atoms with Crippen molar-refractivity contribution < 1.29 is 22.4 Å². The van der Waals surface area contributed by atoms with E-state index in [4.69, 9.17) is 4.42 Å². The monoisotopic (exact) mass is 443 g/mol. The average molecular weight is 443 g/mol. The Bertz CT molecular complexity index is 1240. The Morgan fingerprint density at radius 1 is 1.25 bits per heavy atom. The summed E-state index contributed by atoms with van der Waals surface area (Å²) in [4.78, 5) is 16.0. The van der Waals surface area contributed by atoms with Gasteiger partial charge in [-0.05, 0) is 30.2 Å². The van der Waals surface area contributed by atoms with Crippen molar-refractivity contribution >= 4 is 22.6 Å². The molecule has 7 nitrogen and oxygen atoms in total. The molecule has 5 rings (SSSR count). The van der Waals surface area contributed by atoms with Gasteiger partial charge in [-0.3, -0.25) is 4.79 Å². The fourth-order valence-electron chi connectivity index (χ4n) is 4.15. The Morgan fingerprint density at radius 3 is 2.88 bits per heavy atom. The third-order valence-electron chi connectivity index (χ3n) is 5.72. The Hall–Kier alpha value is -3.69. The minimum absolute atomic E-state index is 0.0320. The molecular weight excluding hydrogens is 423 g/mol. The Morgan fingerprint density at radius 2 is 2.09 bits per heavy atom. The molecule has 1 amide bonds. The zero-order chi connectivity index (χ0) is 22.3. The van der Waals surface area contributed by atoms with Crippen molar-refractivity contribution in [2.24, 2.45) is 0 Å². The van der Waals surface area contributed by atoms with E-state index in [0.717, 1.165) is 21.1 Å². The van der Waals surface area contributed by atoms with E-state index in [2.05, 4.69) is 20.7 Å². The molecule has 4 aromatic rings. The molecule has 0 bridgehead atoms. The number of anilines is 1. The van der Waals surface area contributed by atoms with E-state index in [-0.39, 0.29) is 17.8 Å². The van der Waals surface area contributed by atoms with Gasteiger partial charge in [0.05, 0.1) is 18.5 Å².